The summed E-state index contributed by atoms with van der Waals surface area (Å²) in [4.78, 5) is 16.4. The van der Waals surface area contributed by atoms with Gasteiger partial charge in [-0.3, -0.25) is 9.72 Å². The average molecular weight is 702 g/mol. The van der Waals surface area contributed by atoms with E-state index in [0.717, 1.165) is 43.0 Å². The van der Waals surface area contributed by atoms with Crippen molar-refractivity contribution in [2.75, 3.05) is 17.8 Å². The molecule has 3 aromatic carbocycles. The molecule has 0 spiro atoms. The van der Waals surface area contributed by atoms with Crippen LogP contribution in [0, 0.1) is 0 Å². The number of hydrogen-bond acceptors (Lipinski definition) is 8. The van der Waals surface area contributed by atoms with Gasteiger partial charge in [0.1, 0.15) is 11.6 Å². The molecular weight excluding hydrogens is 670 g/mol. The first-order valence-corrected chi connectivity index (χ1v) is 18.2. The molecule has 0 saturated carbocycles. The Hall–Kier alpha value is -4.10. The molecule has 3 aromatic heterocycles. The standard InChI is InChI=1S/C34H32ClN7O2S3/c1-34(2,46-4)29-18-31(42(40-29)22-13-15-26(43)25(35)17-22)37-33(44)36-19-21-9-5-7-11-27(21)47-23-14-16-30-38-39-32(41(30)20-23)24-10-6-8-12-28(24)45-3/h5-18,20,43H,19H2,1-4H3,(H2,36,37,44). The summed E-state index contributed by atoms with van der Waals surface area (Å²) in [6.07, 6.45) is 6.12. The maximum absolute atomic E-state index is 13.3. The highest BCUT2D eigenvalue weighted by Crippen LogP contribution is 2.36. The number of carbonyl (C=O) groups excluding carboxylic acids is 1. The normalized spacial score (nSPS) is 11.6. The molecular formula is C34H32ClN7O2S3. The van der Waals surface area contributed by atoms with E-state index in [1.54, 1.807) is 52.1 Å². The summed E-state index contributed by atoms with van der Waals surface area (Å²) in [6, 6.07) is 26.4. The molecule has 0 saturated heterocycles. The second-order valence-corrected chi connectivity index (χ2v) is 14.8. The number of anilines is 1. The maximum atomic E-state index is 13.3. The molecule has 0 atom stereocenters. The van der Waals surface area contributed by atoms with Gasteiger partial charge in [-0.25, -0.2) is 9.48 Å². The van der Waals surface area contributed by atoms with E-state index >= 15 is 0 Å². The summed E-state index contributed by atoms with van der Waals surface area (Å²) in [5, 5.41) is 29.7. The van der Waals surface area contributed by atoms with Crippen molar-refractivity contribution in [1.29, 1.82) is 0 Å². The lowest BCUT2D eigenvalue weighted by Gasteiger charge is -2.18. The second kappa shape index (κ2) is 13.9. The minimum Gasteiger partial charge on any atom is -0.506 e. The van der Waals surface area contributed by atoms with Crippen molar-refractivity contribution < 1.29 is 9.90 Å². The molecule has 0 bridgehead atoms. The molecule has 0 radical (unpaired) electrons. The molecule has 0 aliphatic heterocycles. The average Bonchev–Trinajstić information content (AvgIpc) is 3.70. The minimum absolute atomic E-state index is 0.0287. The smallest absolute Gasteiger partial charge is 0.320 e. The molecule has 3 N–H and O–H groups in total. The van der Waals surface area contributed by atoms with Gasteiger partial charge < -0.3 is 10.4 Å². The number of rotatable bonds is 10. The first kappa shape index (κ1) is 32.8. The third kappa shape index (κ3) is 7.10. The van der Waals surface area contributed by atoms with Gasteiger partial charge in [0.25, 0.3) is 0 Å². The van der Waals surface area contributed by atoms with Crippen molar-refractivity contribution in [3.05, 3.63) is 107 Å². The van der Waals surface area contributed by atoms with E-state index < -0.39 is 0 Å². The van der Waals surface area contributed by atoms with E-state index in [2.05, 4.69) is 53.1 Å². The number of urea groups is 1. The van der Waals surface area contributed by atoms with Crippen LogP contribution in [0.15, 0.2) is 106 Å². The van der Waals surface area contributed by atoms with Crippen LogP contribution in [-0.4, -0.2) is 48.0 Å². The Bertz CT molecular complexity index is 2080. The first-order chi connectivity index (χ1) is 22.7. The molecule has 13 heteroatoms. The van der Waals surface area contributed by atoms with Crippen molar-refractivity contribution in [3.8, 4) is 22.8 Å². The fraction of sp³-hybridized carbons (Fsp3) is 0.176. The minimum atomic E-state index is -0.382. The lowest BCUT2D eigenvalue weighted by molar-refractivity contribution is 0.251. The largest absolute Gasteiger partial charge is 0.506 e. The highest BCUT2D eigenvalue weighted by molar-refractivity contribution is 7.99. The molecule has 240 valence electrons. The molecule has 0 unspecified atom stereocenters. The zero-order valence-electron chi connectivity index (χ0n) is 26.1. The number of nitrogens with zero attached hydrogens (tertiary/aromatic N) is 5. The van der Waals surface area contributed by atoms with E-state index in [4.69, 9.17) is 16.7 Å². The van der Waals surface area contributed by atoms with Crippen molar-refractivity contribution in [3.63, 3.8) is 0 Å². The number of aromatic hydroxyl groups is 1. The Morgan fingerprint density at radius 3 is 2.49 bits per heavy atom. The first-order valence-electron chi connectivity index (χ1n) is 14.6. The molecule has 0 fully saturated rings. The fourth-order valence-electron chi connectivity index (χ4n) is 4.85. The quantitative estimate of drug-likeness (QED) is 0.122. The number of thioether (sulfide) groups is 2. The van der Waals surface area contributed by atoms with Crippen LogP contribution in [-0.2, 0) is 11.3 Å². The Balaban J connectivity index is 1.21. The van der Waals surface area contributed by atoms with Crippen molar-refractivity contribution in [1.82, 2.24) is 29.7 Å². The topological polar surface area (TPSA) is 109 Å². The van der Waals surface area contributed by atoms with Crippen LogP contribution in [0.2, 0.25) is 5.02 Å². The number of hydrogen-bond donors (Lipinski definition) is 3. The molecule has 0 aliphatic rings. The van der Waals surface area contributed by atoms with Crippen LogP contribution >= 0.6 is 46.9 Å². The second-order valence-electron chi connectivity index (χ2n) is 11.0. The lowest BCUT2D eigenvalue weighted by Crippen LogP contribution is -2.29. The van der Waals surface area contributed by atoms with E-state index in [1.165, 1.54) is 6.07 Å². The van der Waals surface area contributed by atoms with E-state index in [1.807, 2.05) is 71.5 Å². The Kier molecular flexibility index (Phi) is 9.74. The number of phenols is 1. The summed E-state index contributed by atoms with van der Waals surface area (Å²) in [6.45, 7) is 4.44. The molecule has 3 heterocycles. The number of nitrogens with one attached hydrogen (secondary N) is 2. The van der Waals surface area contributed by atoms with Gasteiger partial charge in [-0.2, -0.15) is 16.9 Å². The number of amides is 2. The predicted octanol–water partition coefficient (Wildman–Crippen LogP) is 8.73. The summed E-state index contributed by atoms with van der Waals surface area (Å²) in [5.74, 6) is 1.24. The van der Waals surface area contributed by atoms with Gasteiger partial charge in [0.2, 0.25) is 0 Å². The van der Waals surface area contributed by atoms with Crippen molar-refractivity contribution >= 4 is 64.4 Å². The van der Waals surface area contributed by atoms with Crippen LogP contribution < -0.4 is 10.6 Å². The number of pyridine rings is 1. The maximum Gasteiger partial charge on any atom is 0.320 e. The van der Waals surface area contributed by atoms with Gasteiger partial charge >= 0.3 is 6.03 Å². The number of fused-ring (bicyclic) bond motifs is 1. The van der Waals surface area contributed by atoms with Gasteiger partial charge in [0, 0.05) is 39.1 Å². The third-order valence-electron chi connectivity index (χ3n) is 7.62. The highest BCUT2D eigenvalue weighted by Gasteiger charge is 2.25. The summed E-state index contributed by atoms with van der Waals surface area (Å²) in [5.41, 5.74) is 4.16. The van der Waals surface area contributed by atoms with Gasteiger partial charge in [0.15, 0.2) is 11.5 Å². The summed E-state index contributed by atoms with van der Waals surface area (Å²) < 4.78 is 3.33. The molecule has 47 heavy (non-hydrogen) atoms. The SMILES string of the molecule is CSc1ccccc1-c1nnc2ccc(Sc3ccccc3CNC(=O)Nc3cc(C(C)(C)SC)nn3-c3ccc(O)c(Cl)c3)cn12. The number of halogens is 1. The molecule has 9 nitrogen and oxygen atoms in total. The van der Waals surface area contributed by atoms with Crippen LogP contribution in [0.3, 0.4) is 0 Å². The van der Waals surface area contributed by atoms with Gasteiger partial charge in [0.05, 0.1) is 21.2 Å². The Labute approximate surface area is 290 Å². The zero-order valence-corrected chi connectivity index (χ0v) is 29.3. The van der Waals surface area contributed by atoms with Crippen molar-refractivity contribution in [2.45, 2.75) is 39.8 Å². The Morgan fingerprint density at radius 1 is 0.957 bits per heavy atom. The van der Waals surface area contributed by atoms with Gasteiger partial charge in [-0.1, -0.05) is 59.8 Å². The van der Waals surface area contributed by atoms with E-state index in [0.29, 0.717) is 18.1 Å². The summed E-state index contributed by atoms with van der Waals surface area (Å²) in [7, 11) is 0. The molecule has 2 amide bonds. The summed E-state index contributed by atoms with van der Waals surface area (Å²) >= 11 is 11.1. The monoisotopic (exact) mass is 701 g/mol. The molecule has 6 aromatic rings. The van der Waals surface area contributed by atoms with Crippen LogP contribution in [0.25, 0.3) is 22.7 Å². The number of aromatic nitrogens is 5. The van der Waals surface area contributed by atoms with Crippen molar-refractivity contribution in [2.24, 2.45) is 0 Å². The van der Waals surface area contributed by atoms with Gasteiger partial charge in [-0.05, 0) is 74.4 Å². The third-order valence-corrected chi connectivity index (χ3v) is 11.0. The van der Waals surface area contributed by atoms with E-state index in [-0.39, 0.29) is 21.6 Å². The van der Waals surface area contributed by atoms with Crippen LogP contribution in [0.5, 0.6) is 5.75 Å². The number of benzene rings is 3. The number of carbonyl (C=O) groups is 1. The number of phenolic OH excluding ortho intramolecular Hbond substituents is 1. The Morgan fingerprint density at radius 2 is 1.72 bits per heavy atom. The fourth-order valence-corrected chi connectivity index (χ4v) is 6.89. The van der Waals surface area contributed by atoms with E-state index in [9.17, 15) is 9.90 Å². The molecule has 0 aliphatic carbocycles. The van der Waals surface area contributed by atoms with Crippen LogP contribution in [0.4, 0.5) is 10.6 Å². The predicted molar refractivity (Wildman–Crippen MR) is 193 cm³/mol. The lowest BCUT2D eigenvalue weighted by atomic mass is 10.1. The highest BCUT2D eigenvalue weighted by atomic mass is 35.5. The van der Waals surface area contributed by atoms with Crippen LogP contribution in [0.1, 0.15) is 25.1 Å². The molecule has 6 rings (SSSR count). The zero-order chi connectivity index (χ0) is 33.1. The van der Waals surface area contributed by atoms with Gasteiger partial charge in [-0.15, -0.1) is 22.0 Å².